The molecule has 11 heteroatoms. The molecule has 4 nitrogen and oxygen atoms in total. The van der Waals surface area contributed by atoms with Crippen molar-refractivity contribution in [2.24, 2.45) is 10.5 Å². The summed E-state index contributed by atoms with van der Waals surface area (Å²) in [5.74, 6) is 0.820. The number of thioether (sulfide) groups is 1. The number of hydrazone groups is 1. The van der Waals surface area contributed by atoms with Gasteiger partial charge >= 0.3 is 6.18 Å². The minimum Gasteiger partial charge on any atom is -0.286 e. The van der Waals surface area contributed by atoms with E-state index in [-0.39, 0.29) is 17.5 Å². The van der Waals surface area contributed by atoms with E-state index >= 15 is 0 Å². The van der Waals surface area contributed by atoms with Crippen LogP contribution in [0, 0.1) is 5.41 Å². The van der Waals surface area contributed by atoms with E-state index in [1.165, 1.54) is 24.1 Å². The van der Waals surface area contributed by atoms with Gasteiger partial charge in [-0.05, 0) is 78.8 Å². The highest BCUT2D eigenvalue weighted by Gasteiger charge is 2.41. The molecule has 2 aromatic rings. The van der Waals surface area contributed by atoms with Gasteiger partial charge in [0.25, 0.3) is 5.91 Å². The van der Waals surface area contributed by atoms with Gasteiger partial charge in [0.1, 0.15) is 6.54 Å². The van der Waals surface area contributed by atoms with Crippen molar-refractivity contribution < 1.29 is 18.0 Å². The summed E-state index contributed by atoms with van der Waals surface area (Å²) in [6.45, 7) is 2.58. The van der Waals surface area contributed by atoms with Crippen LogP contribution in [0.25, 0.3) is 0 Å². The second-order valence-corrected chi connectivity index (χ2v) is 11.5. The van der Waals surface area contributed by atoms with E-state index in [2.05, 4.69) is 15.9 Å². The Morgan fingerprint density at radius 3 is 2.49 bits per heavy atom. The number of hydrogen-bond acceptors (Lipinski definition) is 5. The Kier molecular flexibility index (Phi) is 9.51. The van der Waals surface area contributed by atoms with Gasteiger partial charge in [0.2, 0.25) is 0 Å². The van der Waals surface area contributed by atoms with Crippen LogP contribution in [0.3, 0.4) is 0 Å². The number of nitrogens with zero attached hydrogens (tertiary/aromatic N) is 3. The first-order chi connectivity index (χ1) is 16.5. The van der Waals surface area contributed by atoms with E-state index in [4.69, 9.17) is 16.7 Å². The van der Waals surface area contributed by atoms with Gasteiger partial charge in [-0.15, -0.1) is 0 Å². The smallest absolute Gasteiger partial charge is 0.286 e. The van der Waals surface area contributed by atoms with Crippen molar-refractivity contribution in [1.82, 2.24) is 5.01 Å². The number of hydrogen-bond donors (Lipinski definition) is 0. The maximum atomic E-state index is 13.2. The van der Waals surface area contributed by atoms with E-state index in [0.29, 0.717) is 17.8 Å². The molecule has 1 heterocycles. The SMILES string of the molecule is CSCCCC1(C)CN(CC(=O)N(SC)c2ccc(Br)cc2)N=C1c1ccc(C(F)(F)F)c(Cl)c1. The molecule has 1 unspecified atom stereocenters. The van der Waals surface area contributed by atoms with E-state index in [1.807, 2.05) is 43.7 Å². The number of halogens is 5. The van der Waals surface area contributed by atoms with Gasteiger partial charge < -0.3 is 0 Å². The molecule has 1 atom stereocenters. The van der Waals surface area contributed by atoms with Crippen molar-refractivity contribution in [3.05, 3.63) is 63.1 Å². The molecule has 1 aliphatic rings. The Morgan fingerprint density at radius 2 is 1.91 bits per heavy atom. The normalized spacial score (nSPS) is 18.1. The fourth-order valence-electron chi connectivity index (χ4n) is 4.12. The van der Waals surface area contributed by atoms with Crippen LogP contribution in [0.4, 0.5) is 18.9 Å². The van der Waals surface area contributed by atoms with E-state index < -0.39 is 17.2 Å². The third-order valence-corrected chi connectivity index (χ3v) is 8.08. The molecule has 0 fully saturated rings. The molecule has 0 aromatic heterocycles. The number of amides is 1. The molecule has 2 aromatic carbocycles. The number of anilines is 1. The van der Waals surface area contributed by atoms with Gasteiger partial charge in [-0.1, -0.05) is 40.5 Å². The highest BCUT2D eigenvalue weighted by Crippen LogP contribution is 2.39. The lowest BCUT2D eigenvalue weighted by molar-refractivity contribution is -0.137. The molecule has 0 aliphatic carbocycles. The van der Waals surface area contributed by atoms with Crippen molar-refractivity contribution >= 4 is 68.5 Å². The van der Waals surface area contributed by atoms with Crippen LogP contribution in [0.1, 0.15) is 30.9 Å². The van der Waals surface area contributed by atoms with Gasteiger partial charge in [-0.3, -0.25) is 14.1 Å². The summed E-state index contributed by atoms with van der Waals surface area (Å²) in [5.41, 5.74) is 0.649. The summed E-state index contributed by atoms with van der Waals surface area (Å²) in [7, 11) is 0. The van der Waals surface area contributed by atoms with Gasteiger partial charge in [0.15, 0.2) is 0 Å². The van der Waals surface area contributed by atoms with Crippen LogP contribution in [-0.4, -0.2) is 48.0 Å². The maximum absolute atomic E-state index is 13.2. The average molecular weight is 609 g/mol. The zero-order valence-corrected chi connectivity index (χ0v) is 23.5. The van der Waals surface area contributed by atoms with E-state index in [9.17, 15) is 18.0 Å². The molecule has 3 rings (SSSR count). The number of carbonyl (C=O) groups is 1. The van der Waals surface area contributed by atoms with Crippen molar-refractivity contribution in [1.29, 1.82) is 0 Å². The second-order valence-electron chi connectivity index (χ2n) is 8.47. The topological polar surface area (TPSA) is 35.9 Å². The molecule has 1 aliphatic heterocycles. The molecule has 0 saturated carbocycles. The number of rotatable bonds is 9. The Bertz CT molecular complexity index is 1080. The van der Waals surface area contributed by atoms with Gasteiger partial charge in [0, 0.05) is 22.7 Å². The molecule has 0 spiro atoms. The lowest BCUT2D eigenvalue weighted by Crippen LogP contribution is -2.37. The second kappa shape index (κ2) is 11.8. The Balaban J connectivity index is 1.88. The number of benzene rings is 2. The molecule has 0 saturated heterocycles. The third-order valence-electron chi connectivity index (χ3n) is 5.76. The Labute approximate surface area is 225 Å². The monoisotopic (exact) mass is 607 g/mol. The molecule has 0 bridgehead atoms. The molecule has 1 amide bonds. The fourth-order valence-corrected chi connectivity index (χ4v) is 5.70. The number of carbonyl (C=O) groups excluding carboxylic acids is 1. The molecule has 190 valence electrons. The standard InChI is InChI=1S/C24H26BrClF3N3OS2/c1-23(11-4-12-34-2)15-31(14-21(33)32(35-3)18-8-6-17(25)7-9-18)30-22(23)16-5-10-19(20(26)13-16)24(27,28)29/h5-10,13H,4,11-12,14-15H2,1-3H3. The van der Waals surface area contributed by atoms with E-state index in [0.717, 1.165) is 34.8 Å². The lowest BCUT2D eigenvalue weighted by Gasteiger charge is -2.28. The van der Waals surface area contributed by atoms with Crippen LogP contribution in [-0.2, 0) is 11.0 Å². The zero-order chi connectivity index (χ0) is 25.8. The highest BCUT2D eigenvalue weighted by molar-refractivity contribution is 9.10. The van der Waals surface area contributed by atoms with Crippen molar-refractivity contribution in [3.8, 4) is 0 Å². The van der Waals surface area contributed by atoms with Crippen LogP contribution < -0.4 is 4.31 Å². The van der Waals surface area contributed by atoms with E-state index in [1.54, 1.807) is 21.1 Å². The third kappa shape index (κ3) is 6.90. The minimum atomic E-state index is -4.53. The molecule has 0 radical (unpaired) electrons. The quantitative estimate of drug-likeness (QED) is 0.217. The zero-order valence-electron chi connectivity index (χ0n) is 19.5. The van der Waals surface area contributed by atoms with Crippen molar-refractivity contribution in [3.63, 3.8) is 0 Å². The Morgan fingerprint density at radius 1 is 1.23 bits per heavy atom. The van der Waals surface area contributed by atoms with Gasteiger partial charge in [0.05, 0.1) is 22.0 Å². The highest BCUT2D eigenvalue weighted by atomic mass is 79.9. The van der Waals surface area contributed by atoms with Gasteiger partial charge in [-0.2, -0.15) is 30.0 Å². The van der Waals surface area contributed by atoms with Crippen LogP contribution in [0.5, 0.6) is 0 Å². The number of alkyl halides is 3. The summed E-state index contributed by atoms with van der Waals surface area (Å²) < 4.78 is 42.2. The first kappa shape index (κ1) is 28.2. The largest absolute Gasteiger partial charge is 0.417 e. The predicted molar refractivity (Wildman–Crippen MR) is 145 cm³/mol. The lowest BCUT2D eigenvalue weighted by atomic mass is 9.78. The van der Waals surface area contributed by atoms with Crippen LogP contribution in [0.2, 0.25) is 5.02 Å². The summed E-state index contributed by atoms with van der Waals surface area (Å²) in [5, 5.41) is 6.08. The first-order valence-electron chi connectivity index (χ1n) is 10.8. The van der Waals surface area contributed by atoms with Crippen molar-refractivity contribution in [2.45, 2.75) is 25.9 Å². The van der Waals surface area contributed by atoms with Crippen LogP contribution in [0.15, 0.2) is 52.0 Å². The van der Waals surface area contributed by atoms with Crippen LogP contribution >= 0.6 is 51.2 Å². The predicted octanol–water partition coefficient (Wildman–Crippen LogP) is 7.60. The summed E-state index contributed by atoms with van der Waals surface area (Å²) >= 11 is 12.5. The van der Waals surface area contributed by atoms with Gasteiger partial charge in [-0.25, -0.2) is 0 Å². The maximum Gasteiger partial charge on any atom is 0.417 e. The Hall–Kier alpha value is -1.36. The molecule has 0 N–H and O–H groups in total. The molecular formula is C24H26BrClF3N3OS2. The first-order valence-corrected chi connectivity index (χ1v) is 14.6. The molecular weight excluding hydrogens is 583 g/mol. The van der Waals surface area contributed by atoms with Crippen molar-refractivity contribution in [2.75, 3.05) is 35.7 Å². The summed E-state index contributed by atoms with van der Waals surface area (Å²) in [6, 6.07) is 11.2. The minimum absolute atomic E-state index is 0.0485. The molecule has 35 heavy (non-hydrogen) atoms. The fraction of sp³-hybridized carbons (Fsp3) is 0.417. The summed E-state index contributed by atoms with van der Waals surface area (Å²) in [4.78, 5) is 13.2. The average Bonchev–Trinajstić information content (AvgIpc) is 3.10. The summed E-state index contributed by atoms with van der Waals surface area (Å²) in [6.07, 6.45) is 1.04.